The number of ether oxygens (including phenoxy) is 1. The van der Waals surface area contributed by atoms with E-state index in [2.05, 4.69) is 29.7 Å². The van der Waals surface area contributed by atoms with Gasteiger partial charge in [-0.1, -0.05) is 6.58 Å². The van der Waals surface area contributed by atoms with Crippen molar-refractivity contribution in [3.8, 4) is 0 Å². The number of rotatable bonds is 5. The van der Waals surface area contributed by atoms with Crippen LogP contribution < -0.4 is 0 Å². The van der Waals surface area contributed by atoms with Crippen LogP contribution in [-0.4, -0.2) is 49.2 Å². The van der Waals surface area contributed by atoms with Gasteiger partial charge in [0.25, 0.3) is 0 Å². The lowest BCUT2D eigenvalue weighted by atomic mass is 10.4. The molecule has 0 bridgehead atoms. The minimum absolute atomic E-state index is 0.303. The van der Waals surface area contributed by atoms with Crippen molar-refractivity contribution in [3.63, 3.8) is 0 Å². The molecule has 0 aliphatic carbocycles. The molecule has 0 N–H and O–H groups in total. The summed E-state index contributed by atoms with van der Waals surface area (Å²) in [5.41, 5.74) is 0.454. The number of nitrogens with zero attached hydrogens (tertiary/aromatic N) is 1. The van der Waals surface area contributed by atoms with Crippen molar-refractivity contribution in [1.29, 1.82) is 0 Å². The maximum atomic E-state index is 11.0. The Bertz CT molecular complexity index is 221. The second-order valence-corrected chi connectivity index (χ2v) is 8.21. The van der Waals surface area contributed by atoms with Crippen LogP contribution >= 0.6 is 10.2 Å². The van der Waals surface area contributed by atoms with E-state index in [0.29, 0.717) is 12.2 Å². The molecule has 0 aromatic rings. The average Bonchev–Trinajstić information content (AvgIpc) is 2.01. The van der Waals surface area contributed by atoms with Gasteiger partial charge in [-0.25, -0.2) is 4.79 Å². The molecule has 84 valence electrons. The van der Waals surface area contributed by atoms with Crippen molar-refractivity contribution in [2.75, 3.05) is 39.0 Å². The van der Waals surface area contributed by atoms with Crippen LogP contribution in [0.3, 0.4) is 0 Å². The number of carbonyl (C=O) groups is 1. The lowest BCUT2D eigenvalue weighted by molar-refractivity contribution is -0.139. The smallest absolute Gasteiger partial charge is 0.333 e. The number of esters is 1. The third-order valence-electron chi connectivity index (χ3n) is 1.92. The maximum absolute atomic E-state index is 11.0. The normalized spacial score (nSPS) is 12.7. The van der Waals surface area contributed by atoms with Gasteiger partial charge in [0.15, 0.2) is 0 Å². The van der Waals surface area contributed by atoms with Crippen LogP contribution in [0.1, 0.15) is 6.92 Å². The van der Waals surface area contributed by atoms with E-state index in [1.165, 1.54) is 0 Å². The lowest BCUT2D eigenvalue weighted by Crippen LogP contribution is -2.26. The van der Waals surface area contributed by atoms with E-state index in [-0.39, 0.29) is 5.97 Å². The summed E-state index contributed by atoms with van der Waals surface area (Å²) in [7, 11) is 1.34. The molecule has 0 fully saturated rings. The predicted octanol–water partition coefficient (Wildman–Crippen LogP) is 1.65. The Morgan fingerprint density at radius 1 is 1.43 bits per heavy atom. The summed E-state index contributed by atoms with van der Waals surface area (Å²) < 4.78 is 7.22. The van der Waals surface area contributed by atoms with Gasteiger partial charge < -0.3 is 4.74 Å². The molecular formula is C10H21NO2S. The lowest BCUT2D eigenvalue weighted by Gasteiger charge is -2.36. The summed E-state index contributed by atoms with van der Waals surface area (Å²) in [5.74, 6) is -0.303. The first kappa shape index (κ1) is 13.5. The molecule has 3 nitrogen and oxygen atoms in total. The highest BCUT2D eigenvalue weighted by Crippen LogP contribution is 2.37. The van der Waals surface area contributed by atoms with Gasteiger partial charge in [0.2, 0.25) is 0 Å². The zero-order valence-electron chi connectivity index (χ0n) is 9.79. The van der Waals surface area contributed by atoms with Gasteiger partial charge in [-0.15, -0.1) is 0 Å². The summed E-state index contributed by atoms with van der Waals surface area (Å²) >= 11 is 0. The third kappa shape index (κ3) is 5.29. The fourth-order valence-corrected chi connectivity index (χ4v) is 1.29. The first-order chi connectivity index (χ1) is 6.25. The summed E-state index contributed by atoms with van der Waals surface area (Å²) in [5, 5.41) is 0. The second-order valence-electron chi connectivity index (χ2n) is 4.04. The van der Waals surface area contributed by atoms with E-state index in [4.69, 9.17) is 4.74 Å². The zero-order valence-corrected chi connectivity index (χ0v) is 10.6. The fraction of sp³-hybridized carbons (Fsp3) is 0.700. The number of hydrogen-bond acceptors (Lipinski definition) is 3. The molecule has 0 saturated carbocycles. The second kappa shape index (κ2) is 5.41. The topological polar surface area (TPSA) is 29.5 Å². The molecule has 0 radical (unpaired) electrons. The van der Waals surface area contributed by atoms with E-state index in [9.17, 15) is 4.79 Å². The van der Waals surface area contributed by atoms with E-state index < -0.39 is 10.2 Å². The highest BCUT2D eigenvalue weighted by atomic mass is 32.3. The molecule has 0 atom stereocenters. The fourth-order valence-electron chi connectivity index (χ4n) is 0.664. The molecule has 14 heavy (non-hydrogen) atoms. The van der Waals surface area contributed by atoms with Crippen molar-refractivity contribution in [3.05, 3.63) is 12.2 Å². The number of likely N-dealkylation sites (N-methyl/N-ethyl adjacent to an activating group) is 1. The molecular weight excluding hydrogens is 198 g/mol. The molecule has 0 aromatic carbocycles. The van der Waals surface area contributed by atoms with Gasteiger partial charge in [0.1, 0.15) is 6.61 Å². The summed E-state index contributed by atoms with van der Waals surface area (Å²) in [6.45, 7) is 6.39. The molecule has 0 spiro atoms. The van der Waals surface area contributed by atoms with Crippen molar-refractivity contribution in [1.82, 2.24) is 4.31 Å². The Hall–Kier alpha value is -0.480. The van der Waals surface area contributed by atoms with Gasteiger partial charge in [-0.05, 0) is 32.7 Å². The standard InChI is InChI=1S/C10H21NO2S/c1-9(2)10(12)13-8-7-11(3)14(4,5)6/h1,7-8H2,2-6H3. The Morgan fingerprint density at radius 2 is 1.93 bits per heavy atom. The Kier molecular flexibility index (Phi) is 5.23. The predicted molar refractivity (Wildman–Crippen MR) is 63.8 cm³/mol. The summed E-state index contributed by atoms with van der Waals surface area (Å²) in [6.07, 6.45) is 6.61. The molecule has 0 heterocycles. The van der Waals surface area contributed by atoms with Crippen LogP contribution in [0.5, 0.6) is 0 Å². The van der Waals surface area contributed by atoms with Crippen LogP contribution in [0, 0.1) is 0 Å². The van der Waals surface area contributed by atoms with Gasteiger partial charge in [-0.3, -0.25) is 4.31 Å². The zero-order chi connectivity index (χ0) is 11.4. The van der Waals surface area contributed by atoms with Crippen LogP contribution in [0.15, 0.2) is 12.2 Å². The highest BCUT2D eigenvalue weighted by molar-refractivity contribution is 8.30. The Morgan fingerprint density at radius 3 is 2.29 bits per heavy atom. The van der Waals surface area contributed by atoms with E-state index in [0.717, 1.165) is 6.54 Å². The first-order valence-corrected chi connectivity index (χ1v) is 7.29. The van der Waals surface area contributed by atoms with Crippen molar-refractivity contribution in [2.24, 2.45) is 0 Å². The first-order valence-electron chi connectivity index (χ1n) is 4.47. The SMILES string of the molecule is C=C(C)C(=O)OCCN(C)S(C)(C)C. The number of hydrogen-bond donors (Lipinski definition) is 0. The molecule has 0 aliphatic heterocycles. The average molecular weight is 219 g/mol. The minimum atomic E-state index is -0.701. The van der Waals surface area contributed by atoms with Gasteiger partial charge >= 0.3 is 5.97 Å². The Labute approximate surface area is 88.6 Å². The van der Waals surface area contributed by atoms with Gasteiger partial charge in [0.05, 0.1) is 0 Å². The van der Waals surface area contributed by atoms with E-state index in [1.807, 2.05) is 7.05 Å². The maximum Gasteiger partial charge on any atom is 0.333 e. The number of carbonyl (C=O) groups excluding carboxylic acids is 1. The summed E-state index contributed by atoms with van der Waals surface area (Å²) in [4.78, 5) is 11.0. The monoisotopic (exact) mass is 219 g/mol. The van der Waals surface area contributed by atoms with Crippen LogP contribution in [-0.2, 0) is 9.53 Å². The quantitative estimate of drug-likeness (QED) is 0.520. The Balaban J connectivity index is 3.76. The molecule has 0 amide bonds. The van der Waals surface area contributed by atoms with Crippen molar-refractivity contribution < 1.29 is 9.53 Å². The molecule has 0 aromatic heterocycles. The van der Waals surface area contributed by atoms with Crippen LogP contribution in [0.25, 0.3) is 0 Å². The van der Waals surface area contributed by atoms with Crippen LogP contribution in [0.2, 0.25) is 0 Å². The van der Waals surface area contributed by atoms with Gasteiger partial charge in [-0.2, -0.15) is 10.2 Å². The van der Waals surface area contributed by atoms with Gasteiger partial charge in [0, 0.05) is 12.1 Å². The molecule has 0 unspecified atom stereocenters. The molecule has 0 aliphatic rings. The van der Waals surface area contributed by atoms with Crippen molar-refractivity contribution in [2.45, 2.75) is 6.92 Å². The summed E-state index contributed by atoms with van der Waals surface area (Å²) in [6, 6.07) is 0. The molecule has 4 heteroatoms. The molecule has 0 rings (SSSR count). The minimum Gasteiger partial charge on any atom is -0.461 e. The third-order valence-corrected chi connectivity index (χ3v) is 3.98. The van der Waals surface area contributed by atoms with E-state index >= 15 is 0 Å². The van der Waals surface area contributed by atoms with Crippen LogP contribution in [0.4, 0.5) is 0 Å². The highest BCUT2D eigenvalue weighted by Gasteiger charge is 2.11. The van der Waals surface area contributed by atoms with E-state index in [1.54, 1.807) is 6.92 Å². The van der Waals surface area contributed by atoms with Crippen molar-refractivity contribution >= 4 is 16.2 Å². The molecule has 0 saturated heterocycles. The largest absolute Gasteiger partial charge is 0.461 e.